The monoisotopic (exact) mass is 493 g/mol. The summed E-state index contributed by atoms with van der Waals surface area (Å²) in [6.07, 6.45) is 1.00. The van der Waals surface area contributed by atoms with Crippen LogP contribution in [0.15, 0.2) is 51.5 Å². The maximum atomic E-state index is 11.8. The minimum Gasteiger partial charge on any atom is -0.507 e. The number of benzene rings is 3. The average molecular weight is 494 g/mol. The number of hydrogen-bond acceptors (Lipinski definition) is 10. The number of nitrogens with zero attached hydrogens (tertiary/aromatic N) is 4. The van der Waals surface area contributed by atoms with Crippen LogP contribution in [-0.2, 0) is 20.1 Å². The smallest absolute Gasteiger partial charge is 0.297 e. The summed E-state index contributed by atoms with van der Waals surface area (Å²) in [6, 6.07) is 8.96. The first-order valence-electron chi connectivity index (χ1n) is 8.83. The fraction of sp³-hybridized carbons (Fsp3) is 0.111. The summed E-state index contributed by atoms with van der Waals surface area (Å²) in [4.78, 5) is -0.352. The van der Waals surface area contributed by atoms with Crippen LogP contribution in [0.4, 0.5) is 17.1 Å². The molecule has 32 heavy (non-hydrogen) atoms. The van der Waals surface area contributed by atoms with E-state index >= 15 is 0 Å². The number of rotatable bonds is 5. The number of aromatic nitrogens is 2. The molecule has 11 nitrogen and oxygen atoms in total. The number of sulfonamides is 1. The maximum absolute atomic E-state index is 11.8. The highest BCUT2D eigenvalue weighted by Gasteiger charge is 2.23. The van der Waals surface area contributed by atoms with E-state index in [4.69, 9.17) is 0 Å². The molecule has 166 valence electrons. The Kier molecular flexibility index (Phi) is 5.32. The summed E-state index contributed by atoms with van der Waals surface area (Å²) >= 11 is 0.754. The summed E-state index contributed by atoms with van der Waals surface area (Å²) in [6.45, 7) is 1.48. The SMILES string of the molecule is Cc1cc(N=Nc2ccc(O)c3cccc(NS(C)(=O)=O)c23)c2nsnc2c1S(=O)(=O)O. The number of hydrogen-bond donors (Lipinski definition) is 3. The molecule has 0 fully saturated rings. The highest BCUT2D eigenvalue weighted by Crippen LogP contribution is 2.39. The molecule has 3 N–H and O–H groups in total. The normalized spacial score (nSPS) is 12.7. The summed E-state index contributed by atoms with van der Waals surface area (Å²) in [5.74, 6) is -0.0736. The zero-order valence-corrected chi connectivity index (χ0v) is 19.0. The number of phenols is 1. The molecule has 0 saturated carbocycles. The fourth-order valence-electron chi connectivity index (χ4n) is 3.28. The Morgan fingerprint density at radius 3 is 2.38 bits per heavy atom. The Bertz CT molecular complexity index is 1630. The molecule has 0 radical (unpaired) electrons. The average Bonchev–Trinajstić information content (AvgIpc) is 3.14. The van der Waals surface area contributed by atoms with Crippen molar-refractivity contribution in [1.82, 2.24) is 8.75 Å². The second kappa shape index (κ2) is 7.74. The number of azo groups is 1. The molecule has 1 aromatic heterocycles. The van der Waals surface area contributed by atoms with Crippen molar-refractivity contribution in [3.63, 3.8) is 0 Å². The molecule has 0 bridgehead atoms. The summed E-state index contributed by atoms with van der Waals surface area (Å²) in [5, 5.41) is 19.3. The molecule has 4 rings (SSSR count). The first-order chi connectivity index (χ1) is 15.0. The summed E-state index contributed by atoms with van der Waals surface area (Å²) in [5.41, 5.74) is 0.965. The molecule has 0 amide bonds. The Morgan fingerprint density at radius 2 is 1.69 bits per heavy atom. The molecule has 14 heteroatoms. The lowest BCUT2D eigenvalue weighted by Gasteiger charge is -2.11. The second-order valence-electron chi connectivity index (χ2n) is 6.88. The molecule has 0 unspecified atom stereocenters. The van der Waals surface area contributed by atoms with Gasteiger partial charge in [0.25, 0.3) is 10.1 Å². The van der Waals surface area contributed by atoms with Gasteiger partial charge in [-0.3, -0.25) is 9.27 Å². The first-order valence-corrected chi connectivity index (χ1v) is 12.9. The first kappa shape index (κ1) is 22.0. The minimum absolute atomic E-state index is 0.0264. The van der Waals surface area contributed by atoms with Crippen molar-refractivity contribution in [1.29, 1.82) is 0 Å². The maximum Gasteiger partial charge on any atom is 0.297 e. The van der Waals surface area contributed by atoms with Crippen LogP contribution in [0.3, 0.4) is 0 Å². The third-order valence-corrected chi connectivity index (χ3v) is 6.62. The van der Waals surface area contributed by atoms with Crippen LogP contribution in [-0.4, -0.2) is 41.5 Å². The van der Waals surface area contributed by atoms with Gasteiger partial charge in [-0.1, -0.05) is 12.1 Å². The number of aryl methyl sites for hydroxylation is 1. The number of anilines is 1. The fourth-order valence-corrected chi connectivity index (χ4v) is 5.32. The van der Waals surface area contributed by atoms with Gasteiger partial charge in [-0.25, -0.2) is 8.42 Å². The van der Waals surface area contributed by atoms with Crippen molar-refractivity contribution in [2.45, 2.75) is 11.8 Å². The predicted octanol–water partition coefficient (Wildman–Crippen LogP) is 3.89. The van der Waals surface area contributed by atoms with E-state index in [2.05, 4.69) is 23.7 Å². The van der Waals surface area contributed by atoms with Crippen molar-refractivity contribution in [2.75, 3.05) is 11.0 Å². The topological polar surface area (TPSA) is 171 Å². The van der Waals surface area contributed by atoms with Gasteiger partial charge in [0.15, 0.2) is 0 Å². The molecule has 0 aliphatic heterocycles. The Balaban J connectivity index is 1.92. The summed E-state index contributed by atoms with van der Waals surface area (Å²) in [7, 11) is -8.14. The van der Waals surface area contributed by atoms with Gasteiger partial charge in [0.05, 0.1) is 29.4 Å². The number of aromatic hydroxyl groups is 1. The third kappa shape index (κ3) is 4.12. The van der Waals surface area contributed by atoms with Crippen molar-refractivity contribution in [3.8, 4) is 5.75 Å². The van der Waals surface area contributed by atoms with Gasteiger partial charge >= 0.3 is 0 Å². The number of phenolic OH excluding ortho intramolecular Hbond substituents is 1. The van der Waals surface area contributed by atoms with Gasteiger partial charge in [0.1, 0.15) is 27.4 Å². The van der Waals surface area contributed by atoms with Gasteiger partial charge in [-0.15, -0.1) is 10.2 Å². The van der Waals surface area contributed by atoms with Crippen LogP contribution in [0, 0.1) is 6.92 Å². The van der Waals surface area contributed by atoms with Gasteiger partial charge in [-0.05, 0) is 36.8 Å². The molecule has 0 saturated heterocycles. The molecule has 3 aromatic carbocycles. The van der Waals surface area contributed by atoms with E-state index in [0.717, 1.165) is 18.0 Å². The lowest BCUT2D eigenvalue weighted by atomic mass is 10.1. The Hall–Kier alpha value is -3.20. The van der Waals surface area contributed by atoms with Gasteiger partial charge in [0, 0.05) is 10.8 Å². The highest BCUT2D eigenvalue weighted by molar-refractivity contribution is 7.92. The molecule has 4 aromatic rings. The number of fused-ring (bicyclic) bond motifs is 2. The third-order valence-electron chi connectivity index (χ3n) is 4.47. The molecule has 0 atom stereocenters. The zero-order valence-electron chi connectivity index (χ0n) is 16.5. The van der Waals surface area contributed by atoms with Crippen molar-refractivity contribution >= 4 is 70.7 Å². The van der Waals surface area contributed by atoms with Crippen LogP contribution in [0.25, 0.3) is 21.8 Å². The van der Waals surface area contributed by atoms with Gasteiger partial charge in [0.2, 0.25) is 10.0 Å². The lowest BCUT2D eigenvalue weighted by Crippen LogP contribution is -2.09. The minimum atomic E-state index is -4.53. The standard InChI is InChI=1S/C18H15N5O6S3/c1-9-8-13(16-17(22-30-21-16)18(9)32(27,28)29)20-19-11-6-7-14(24)10-4-3-5-12(15(10)11)23-31(2,25)26/h3-8,23-24H,1-2H3,(H,27,28,29). The van der Waals surface area contributed by atoms with Crippen molar-refractivity contribution in [2.24, 2.45) is 10.2 Å². The molecular weight excluding hydrogens is 478 g/mol. The molecular formula is C18H15N5O6S3. The van der Waals surface area contributed by atoms with Crippen LogP contribution < -0.4 is 4.72 Å². The van der Waals surface area contributed by atoms with Crippen LogP contribution in [0.5, 0.6) is 5.75 Å². The van der Waals surface area contributed by atoms with E-state index in [1.54, 1.807) is 12.1 Å². The molecule has 0 aliphatic rings. The van der Waals surface area contributed by atoms with E-state index < -0.39 is 20.1 Å². The van der Waals surface area contributed by atoms with E-state index in [1.165, 1.54) is 31.2 Å². The highest BCUT2D eigenvalue weighted by atomic mass is 32.2. The molecule has 0 spiro atoms. The van der Waals surface area contributed by atoms with E-state index in [-0.39, 0.29) is 44.3 Å². The largest absolute Gasteiger partial charge is 0.507 e. The van der Waals surface area contributed by atoms with Crippen LogP contribution in [0.2, 0.25) is 0 Å². The Labute approximate surface area is 186 Å². The van der Waals surface area contributed by atoms with Crippen LogP contribution >= 0.6 is 11.7 Å². The van der Waals surface area contributed by atoms with Crippen molar-refractivity contribution in [3.05, 3.63) is 42.0 Å². The van der Waals surface area contributed by atoms with Crippen molar-refractivity contribution < 1.29 is 26.5 Å². The predicted molar refractivity (Wildman–Crippen MR) is 120 cm³/mol. The zero-order chi connectivity index (χ0) is 23.3. The molecule has 1 heterocycles. The lowest BCUT2D eigenvalue weighted by molar-refractivity contribution is 0.481. The molecule has 0 aliphatic carbocycles. The second-order valence-corrected chi connectivity index (χ2v) is 10.5. The van der Waals surface area contributed by atoms with E-state index in [0.29, 0.717) is 10.8 Å². The Morgan fingerprint density at radius 1 is 1.00 bits per heavy atom. The van der Waals surface area contributed by atoms with Gasteiger partial charge < -0.3 is 5.11 Å². The van der Waals surface area contributed by atoms with Gasteiger partial charge in [-0.2, -0.15) is 17.2 Å². The summed E-state index contributed by atoms with van der Waals surface area (Å²) < 4.78 is 67.0. The van der Waals surface area contributed by atoms with E-state index in [1.807, 2.05) is 0 Å². The number of nitrogens with one attached hydrogen (secondary N) is 1. The quantitative estimate of drug-likeness (QED) is 0.277. The van der Waals surface area contributed by atoms with E-state index in [9.17, 15) is 26.5 Å². The van der Waals surface area contributed by atoms with Crippen LogP contribution in [0.1, 0.15) is 5.56 Å².